The third kappa shape index (κ3) is 6.46. The van der Waals surface area contributed by atoms with Crippen LogP contribution in [0.15, 0.2) is 84.9 Å². The first-order valence-electron chi connectivity index (χ1n) is 14.2. The zero-order valence-electron chi connectivity index (χ0n) is 23.6. The molecule has 0 spiro atoms. The Morgan fingerprint density at radius 1 is 0.846 bits per heavy atom. The van der Waals surface area contributed by atoms with Crippen LogP contribution in [0.3, 0.4) is 0 Å². The van der Waals surface area contributed by atoms with Gasteiger partial charge in [0, 0.05) is 6.54 Å². The highest BCUT2D eigenvalue weighted by molar-refractivity contribution is 6.62. The highest BCUT2D eigenvalue weighted by Gasteiger charge is 2.51. The average molecular weight is 525 g/mol. The molecule has 2 aliphatic heterocycles. The molecule has 2 fully saturated rings. The van der Waals surface area contributed by atoms with Gasteiger partial charge in [-0.3, -0.25) is 9.69 Å². The van der Waals surface area contributed by atoms with Gasteiger partial charge < -0.3 is 14.0 Å². The van der Waals surface area contributed by atoms with Crippen molar-refractivity contribution < 1.29 is 18.8 Å². The molecular weight excluding hydrogens is 485 g/mol. The quantitative estimate of drug-likeness (QED) is 0.284. The van der Waals surface area contributed by atoms with Crippen LogP contribution in [0.1, 0.15) is 63.1 Å². The van der Waals surface area contributed by atoms with E-state index in [2.05, 4.69) is 62.9 Å². The fourth-order valence-electron chi connectivity index (χ4n) is 5.37. The molecule has 5 nitrogen and oxygen atoms in total. The Hall–Kier alpha value is -2.93. The zero-order chi connectivity index (χ0) is 27.5. The van der Waals surface area contributed by atoms with E-state index in [1.165, 1.54) is 5.56 Å². The van der Waals surface area contributed by atoms with E-state index in [1.54, 1.807) is 0 Å². The zero-order valence-corrected chi connectivity index (χ0v) is 23.6. The lowest BCUT2D eigenvalue weighted by molar-refractivity contribution is -0.146. The van der Waals surface area contributed by atoms with Gasteiger partial charge in [-0.2, -0.15) is 0 Å². The molecule has 204 valence electrons. The molecule has 0 amide bonds. The summed E-state index contributed by atoms with van der Waals surface area (Å²) in [4.78, 5) is 16.0. The van der Waals surface area contributed by atoms with Gasteiger partial charge in [-0.15, -0.1) is 0 Å². The Balaban J connectivity index is 1.22. The Bertz CT molecular complexity index is 1210. The fourth-order valence-corrected chi connectivity index (χ4v) is 5.37. The molecule has 0 aliphatic carbocycles. The SMILES string of the molecule is CC1(C)OB(c2ccc(C(C(=O)OCC3CCN(Cc4ccccc4)CC3)c3ccccc3)cc2)OC1(C)C. The van der Waals surface area contributed by atoms with Gasteiger partial charge in [0.05, 0.1) is 17.8 Å². The van der Waals surface area contributed by atoms with Gasteiger partial charge in [-0.25, -0.2) is 0 Å². The van der Waals surface area contributed by atoms with Crippen LogP contribution in [0.25, 0.3) is 0 Å². The van der Waals surface area contributed by atoms with Gasteiger partial charge in [0.25, 0.3) is 0 Å². The third-order valence-corrected chi connectivity index (χ3v) is 8.58. The lowest BCUT2D eigenvalue weighted by Gasteiger charge is -2.32. The Morgan fingerprint density at radius 3 is 1.97 bits per heavy atom. The minimum absolute atomic E-state index is 0.198. The number of ether oxygens (including phenoxy) is 1. The topological polar surface area (TPSA) is 48.0 Å². The number of carbonyl (C=O) groups is 1. The highest BCUT2D eigenvalue weighted by Crippen LogP contribution is 2.36. The van der Waals surface area contributed by atoms with Gasteiger partial charge in [-0.1, -0.05) is 84.9 Å². The van der Waals surface area contributed by atoms with E-state index in [-0.39, 0.29) is 5.97 Å². The van der Waals surface area contributed by atoms with Gasteiger partial charge in [0.1, 0.15) is 5.92 Å². The summed E-state index contributed by atoms with van der Waals surface area (Å²) >= 11 is 0. The maximum atomic E-state index is 13.5. The van der Waals surface area contributed by atoms with E-state index in [0.29, 0.717) is 12.5 Å². The predicted octanol–water partition coefficient (Wildman–Crippen LogP) is 5.57. The number of likely N-dealkylation sites (tertiary alicyclic amines) is 1. The number of nitrogens with zero attached hydrogens (tertiary/aromatic N) is 1. The molecule has 6 heteroatoms. The fraction of sp³-hybridized carbons (Fsp3) is 0.424. The normalized spacial score (nSPS) is 20.1. The van der Waals surface area contributed by atoms with Crippen LogP contribution in [0.4, 0.5) is 0 Å². The Kier molecular flexibility index (Phi) is 8.27. The summed E-state index contributed by atoms with van der Waals surface area (Å²) in [5.74, 6) is -0.281. The number of hydrogen-bond acceptors (Lipinski definition) is 5. The van der Waals surface area contributed by atoms with Crippen LogP contribution >= 0.6 is 0 Å². The van der Waals surface area contributed by atoms with Crippen molar-refractivity contribution in [1.29, 1.82) is 0 Å². The molecule has 1 atom stereocenters. The molecule has 2 heterocycles. The first-order chi connectivity index (χ1) is 18.7. The monoisotopic (exact) mass is 525 g/mol. The number of rotatable bonds is 8. The minimum Gasteiger partial charge on any atom is -0.465 e. The molecule has 0 saturated carbocycles. The summed E-state index contributed by atoms with van der Waals surface area (Å²) in [7, 11) is -0.432. The number of esters is 1. The van der Waals surface area contributed by atoms with Gasteiger partial charge >= 0.3 is 13.1 Å². The lowest BCUT2D eigenvalue weighted by Crippen LogP contribution is -2.41. The Labute approximate surface area is 233 Å². The van der Waals surface area contributed by atoms with Crippen LogP contribution in [-0.2, 0) is 25.4 Å². The van der Waals surface area contributed by atoms with Gasteiger partial charge in [-0.05, 0) is 81.7 Å². The maximum absolute atomic E-state index is 13.5. The number of benzene rings is 3. The average Bonchev–Trinajstić information content (AvgIpc) is 3.16. The van der Waals surface area contributed by atoms with E-state index in [0.717, 1.165) is 49.1 Å². The molecule has 0 radical (unpaired) electrons. The molecule has 0 aromatic heterocycles. The molecule has 1 unspecified atom stereocenters. The van der Waals surface area contributed by atoms with Crippen molar-refractivity contribution >= 4 is 18.6 Å². The standard InChI is InChI=1S/C33H40BNO4/c1-32(2)33(3,4)39-34(38-32)29-17-15-28(16-18-29)30(27-13-9-6-10-14-27)31(36)37-24-26-19-21-35(22-20-26)23-25-11-7-5-8-12-25/h5-18,26,30H,19-24H2,1-4H3. The third-order valence-electron chi connectivity index (χ3n) is 8.58. The summed E-state index contributed by atoms with van der Waals surface area (Å²) < 4.78 is 18.4. The van der Waals surface area contributed by atoms with Crippen LogP contribution in [0.2, 0.25) is 0 Å². The van der Waals surface area contributed by atoms with Crippen LogP contribution in [0.5, 0.6) is 0 Å². The second-order valence-electron chi connectivity index (χ2n) is 11.9. The summed E-state index contributed by atoms with van der Waals surface area (Å²) in [6.45, 7) is 11.7. The van der Waals surface area contributed by atoms with Gasteiger partial charge in [0.15, 0.2) is 0 Å². The largest absolute Gasteiger partial charge is 0.494 e. The number of piperidine rings is 1. The van der Waals surface area contributed by atoms with E-state index < -0.39 is 24.2 Å². The van der Waals surface area contributed by atoms with E-state index in [1.807, 2.05) is 54.6 Å². The van der Waals surface area contributed by atoms with E-state index >= 15 is 0 Å². The van der Waals surface area contributed by atoms with Gasteiger partial charge in [0.2, 0.25) is 0 Å². The van der Waals surface area contributed by atoms with Crippen molar-refractivity contribution in [3.05, 3.63) is 102 Å². The van der Waals surface area contributed by atoms with Crippen molar-refractivity contribution in [2.24, 2.45) is 5.92 Å². The van der Waals surface area contributed by atoms with Crippen molar-refractivity contribution in [3.8, 4) is 0 Å². The molecule has 0 N–H and O–H groups in total. The van der Waals surface area contributed by atoms with Crippen LogP contribution < -0.4 is 5.46 Å². The molecule has 39 heavy (non-hydrogen) atoms. The molecule has 3 aromatic carbocycles. The maximum Gasteiger partial charge on any atom is 0.494 e. The number of hydrogen-bond donors (Lipinski definition) is 0. The summed E-state index contributed by atoms with van der Waals surface area (Å²) in [5.41, 5.74) is 3.33. The summed E-state index contributed by atoms with van der Waals surface area (Å²) in [6, 6.07) is 28.5. The smallest absolute Gasteiger partial charge is 0.465 e. The van der Waals surface area contributed by atoms with Crippen LogP contribution in [-0.4, -0.2) is 48.9 Å². The second kappa shape index (κ2) is 11.7. The molecule has 2 aliphatic rings. The highest BCUT2D eigenvalue weighted by atomic mass is 16.7. The molecule has 2 saturated heterocycles. The molecule has 0 bridgehead atoms. The van der Waals surface area contributed by atoms with Crippen molar-refractivity contribution in [1.82, 2.24) is 4.90 Å². The summed E-state index contributed by atoms with van der Waals surface area (Å²) in [6.07, 6.45) is 2.08. The Morgan fingerprint density at radius 2 is 1.38 bits per heavy atom. The predicted molar refractivity (Wildman–Crippen MR) is 156 cm³/mol. The molecular formula is C33H40BNO4. The first kappa shape index (κ1) is 27.6. The lowest BCUT2D eigenvalue weighted by atomic mass is 9.78. The minimum atomic E-state index is -0.475. The molecule has 5 rings (SSSR count). The van der Waals surface area contributed by atoms with Crippen molar-refractivity contribution in [3.63, 3.8) is 0 Å². The van der Waals surface area contributed by atoms with Crippen molar-refractivity contribution in [2.75, 3.05) is 19.7 Å². The summed E-state index contributed by atoms with van der Waals surface area (Å²) in [5, 5.41) is 0. The van der Waals surface area contributed by atoms with Crippen LogP contribution in [0, 0.1) is 5.92 Å². The second-order valence-corrected chi connectivity index (χ2v) is 11.9. The molecule has 3 aromatic rings. The van der Waals surface area contributed by atoms with Crippen molar-refractivity contribution in [2.45, 2.75) is 64.2 Å². The first-order valence-corrected chi connectivity index (χ1v) is 14.2. The van der Waals surface area contributed by atoms with E-state index in [9.17, 15) is 4.79 Å². The number of carbonyl (C=O) groups excluding carboxylic acids is 1. The van der Waals surface area contributed by atoms with E-state index in [4.69, 9.17) is 14.0 Å².